The first kappa shape index (κ1) is 24.3. The number of benzene rings is 3. The lowest BCUT2D eigenvalue weighted by Gasteiger charge is -2.10. The summed E-state index contributed by atoms with van der Waals surface area (Å²) < 4.78 is 16.4. The minimum absolute atomic E-state index is 0.0672. The molecule has 1 N–H and O–H groups in total. The summed E-state index contributed by atoms with van der Waals surface area (Å²) in [7, 11) is 1.49. The highest BCUT2D eigenvalue weighted by Gasteiger charge is 2.11. The number of nitriles is 1. The van der Waals surface area contributed by atoms with E-state index >= 15 is 0 Å². The second kappa shape index (κ2) is 12.0. The fraction of sp³-hybridized carbons (Fsp3) is 0.111. The van der Waals surface area contributed by atoms with Gasteiger partial charge in [-0.3, -0.25) is 4.79 Å². The molecule has 0 saturated heterocycles. The van der Waals surface area contributed by atoms with E-state index in [-0.39, 0.29) is 12.2 Å². The number of terminal acetylenes is 1. The van der Waals surface area contributed by atoms with Gasteiger partial charge in [-0.15, -0.1) is 6.42 Å². The molecule has 0 fully saturated rings. The zero-order valence-electron chi connectivity index (χ0n) is 18.4. The third kappa shape index (κ3) is 6.80. The van der Waals surface area contributed by atoms with Crippen molar-refractivity contribution in [3.05, 3.63) is 88.5 Å². The quantitative estimate of drug-likeness (QED) is 0.253. The molecule has 3 rings (SSSR count). The molecule has 0 aliphatic heterocycles. The molecule has 0 bridgehead atoms. The normalized spacial score (nSPS) is 10.5. The number of rotatable bonds is 9. The number of anilines is 1. The van der Waals surface area contributed by atoms with Crippen LogP contribution in [0.25, 0.3) is 6.08 Å². The van der Waals surface area contributed by atoms with Crippen LogP contribution in [0.5, 0.6) is 17.2 Å². The average molecular weight is 473 g/mol. The summed E-state index contributed by atoms with van der Waals surface area (Å²) in [4.78, 5) is 12.6. The van der Waals surface area contributed by atoms with Gasteiger partial charge in [0, 0.05) is 10.7 Å². The van der Waals surface area contributed by atoms with Crippen molar-refractivity contribution in [2.24, 2.45) is 0 Å². The smallest absolute Gasteiger partial charge is 0.266 e. The first-order chi connectivity index (χ1) is 16.5. The third-order valence-electron chi connectivity index (χ3n) is 4.61. The summed E-state index contributed by atoms with van der Waals surface area (Å²) in [5.74, 6) is 3.40. The first-order valence-electron chi connectivity index (χ1n) is 10.2. The minimum Gasteiger partial charge on any atom is -0.493 e. The van der Waals surface area contributed by atoms with Crippen LogP contribution in [-0.4, -0.2) is 19.6 Å². The van der Waals surface area contributed by atoms with Crippen molar-refractivity contribution < 1.29 is 19.0 Å². The number of nitrogens with one attached hydrogen (secondary N) is 1. The van der Waals surface area contributed by atoms with E-state index in [0.717, 1.165) is 5.56 Å². The third-order valence-corrected chi connectivity index (χ3v) is 4.86. The monoisotopic (exact) mass is 472 g/mol. The van der Waals surface area contributed by atoms with Gasteiger partial charge in [0.2, 0.25) is 0 Å². The fourth-order valence-corrected chi connectivity index (χ4v) is 3.03. The largest absolute Gasteiger partial charge is 0.493 e. The predicted molar refractivity (Wildman–Crippen MR) is 132 cm³/mol. The van der Waals surface area contributed by atoms with E-state index in [2.05, 4.69) is 11.2 Å². The highest BCUT2D eigenvalue weighted by Crippen LogP contribution is 2.29. The molecule has 0 aromatic heterocycles. The standard InChI is InChI=1S/C27H21ClN2O4/c1-3-14-33-25-13-6-20(16-26(25)32-2)15-21(17-29)27(31)30-23-9-11-24(12-10-23)34-18-19-4-7-22(28)8-5-19/h1,4-13,15-16H,14,18H2,2H3,(H,30,31)/b21-15+. The van der Waals surface area contributed by atoms with Gasteiger partial charge in [-0.25, -0.2) is 0 Å². The van der Waals surface area contributed by atoms with Gasteiger partial charge in [0.25, 0.3) is 5.91 Å². The van der Waals surface area contributed by atoms with Gasteiger partial charge in [-0.2, -0.15) is 5.26 Å². The summed E-state index contributed by atoms with van der Waals surface area (Å²) in [6.45, 7) is 0.489. The molecule has 0 spiro atoms. The van der Waals surface area contributed by atoms with Crippen LogP contribution >= 0.6 is 11.6 Å². The van der Waals surface area contributed by atoms with E-state index in [1.807, 2.05) is 18.2 Å². The fourth-order valence-electron chi connectivity index (χ4n) is 2.91. The molecule has 0 heterocycles. The molecular formula is C27H21ClN2O4. The molecule has 3 aromatic rings. The van der Waals surface area contributed by atoms with Gasteiger partial charge >= 0.3 is 0 Å². The van der Waals surface area contributed by atoms with Gasteiger partial charge in [0.15, 0.2) is 11.5 Å². The van der Waals surface area contributed by atoms with E-state index < -0.39 is 5.91 Å². The Bertz CT molecular complexity index is 1250. The SMILES string of the molecule is C#CCOc1ccc(/C=C(\C#N)C(=O)Nc2ccc(OCc3ccc(Cl)cc3)cc2)cc1OC. The number of methoxy groups -OCH3 is 1. The molecule has 1 amide bonds. The van der Waals surface area contributed by atoms with Crippen molar-refractivity contribution in [2.75, 3.05) is 19.0 Å². The van der Waals surface area contributed by atoms with Crippen molar-refractivity contribution >= 4 is 29.3 Å². The Kier molecular flexibility index (Phi) is 8.57. The average Bonchev–Trinajstić information content (AvgIpc) is 2.86. The van der Waals surface area contributed by atoms with Crippen molar-refractivity contribution in [2.45, 2.75) is 6.61 Å². The van der Waals surface area contributed by atoms with E-state index in [1.54, 1.807) is 54.6 Å². The highest BCUT2D eigenvalue weighted by molar-refractivity contribution is 6.30. The van der Waals surface area contributed by atoms with Crippen molar-refractivity contribution in [1.82, 2.24) is 0 Å². The molecule has 0 saturated carbocycles. The highest BCUT2D eigenvalue weighted by atomic mass is 35.5. The Hall–Kier alpha value is -4.39. The molecule has 6 nitrogen and oxygen atoms in total. The second-order valence-electron chi connectivity index (χ2n) is 6.97. The lowest BCUT2D eigenvalue weighted by Crippen LogP contribution is -2.13. The Balaban J connectivity index is 1.64. The number of ether oxygens (including phenoxy) is 3. The van der Waals surface area contributed by atoms with Crippen molar-refractivity contribution in [1.29, 1.82) is 5.26 Å². The van der Waals surface area contributed by atoms with Gasteiger partial charge < -0.3 is 19.5 Å². The topological polar surface area (TPSA) is 80.6 Å². The predicted octanol–water partition coefficient (Wildman–Crippen LogP) is 5.49. The molecule has 34 heavy (non-hydrogen) atoms. The summed E-state index contributed by atoms with van der Waals surface area (Å²) in [5.41, 5.74) is 2.04. The van der Waals surface area contributed by atoms with Crippen LogP contribution in [0.3, 0.4) is 0 Å². The Morgan fingerprint density at radius 3 is 2.44 bits per heavy atom. The summed E-state index contributed by atoms with van der Waals surface area (Å²) in [6.07, 6.45) is 6.68. The van der Waals surface area contributed by atoms with Crippen LogP contribution in [0.2, 0.25) is 5.02 Å². The lowest BCUT2D eigenvalue weighted by molar-refractivity contribution is -0.112. The first-order valence-corrected chi connectivity index (χ1v) is 10.5. The number of halogens is 1. The van der Waals surface area contributed by atoms with Crippen LogP contribution in [0.4, 0.5) is 5.69 Å². The molecule has 0 atom stereocenters. The zero-order valence-corrected chi connectivity index (χ0v) is 19.1. The summed E-state index contributed by atoms with van der Waals surface area (Å²) in [6, 6.07) is 21.2. The molecule has 0 aliphatic carbocycles. The van der Waals surface area contributed by atoms with Crippen molar-refractivity contribution in [3.8, 4) is 35.7 Å². The van der Waals surface area contributed by atoms with Crippen LogP contribution in [-0.2, 0) is 11.4 Å². The van der Waals surface area contributed by atoms with E-state index in [9.17, 15) is 10.1 Å². The van der Waals surface area contributed by atoms with Crippen LogP contribution in [0, 0.1) is 23.7 Å². The van der Waals surface area contributed by atoms with Crippen LogP contribution in [0.15, 0.2) is 72.3 Å². The molecule has 0 unspecified atom stereocenters. The Labute approximate surface area is 203 Å². The molecular weight excluding hydrogens is 452 g/mol. The Morgan fingerprint density at radius 2 is 1.79 bits per heavy atom. The number of hydrogen-bond acceptors (Lipinski definition) is 5. The number of carbonyl (C=O) groups is 1. The zero-order chi connectivity index (χ0) is 24.3. The van der Waals surface area contributed by atoms with Gasteiger partial charge in [-0.1, -0.05) is 35.7 Å². The number of carbonyl (C=O) groups excluding carboxylic acids is 1. The number of hydrogen-bond donors (Lipinski definition) is 1. The molecule has 3 aromatic carbocycles. The minimum atomic E-state index is -0.538. The maximum absolute atomic E-state index is 12.6. The summed E-state index contributed by atoms with van der Waals surface area (Å²) in [5, 5.41) is 12.9. The molecule has 7 heteroatoms. The van der Waals surface area contributed by atoms with Gasteiger partial charge in [0.1, 0.15) is 30.6 Å². The molecule has 0 aliphatic rings. The maximum atomic E-state index is 12.6. The molecule has 170 valence electrons. The Morgan fingerprint density at radius 1 is 1.06 bits per heavy atom. The van der Waals surface area contributed by atoms with E-state index in [0.29, 0.717) is 40.1 Å². The summed E-state index contributed by atoms with van der Waals surface area (Å²) >= 11 is 5.89. The second-order valence-corrected chi connectivity index (χ2v) is 7.40. The number of amides is 1. The lowest BCUT2D eigenvalue weighted by atomic mass is 10.1. The van der Waals surface area contributed by atoms with Crippen molar-refractivity contribution in [3.63, 3.8) is 0 Å². The van der Waals surface area contributed by atoms with E-state index in [1.165, 1.54) is 13.2 Å². The maximum Gasteiger partial charge on any atom is 0.266 e. The van der Waals surface area contributed by atoms with Crippen LogP contribution in [0.1, 0.15) is 11.1 Å². The number of nitrogens with zero attached hydrogens (tertiary/aromatic N) is 1. The van der Waals surface area contributed by atoms with Gasteiger partial charge in [-0.05, 0) is 65.7 Å². The van der Waals surface area contributed by atoms with Crippen LogP contribution < -0.4 is 19.5 Å². The molecule has 0 radical (unpaired) electrons. The van der Waals surface area contributed by atoms with Gasteiger partial charge in [0.05, 0.1) is 7.11 Å². The van der Waals surface area contributed by atoms with E-state index in [4.69, 9.17) is 32.2 Å².